The number of quaternary nitrogens is 2. The summed E-state index contributed by atoms with van der Waals surface area (Å²) in [4.78, 5) is 3.07. The normalized spacial score (nSPS) is 43.7. The van der Waals surface area contributed by atoms with E-state index in [0.717, 1.165) is 0 Å². The van der Waals surface area contributed by atoms with Crippen LogP contribution in [0.1, 0.15) is 0 Å². The molecule has 74 valence electrons. The van der Waals surface area contributed by atoms with Crippen LogP contribution in [0.2, 0.25) is 0 Å². The predicted octanol–water partition coefficient (Wildman–Crippen LogP) is -4.05. The molecule has 4 nitrogen and oxygen atoms in total. The van der Waals surface area contributed by atoms with Crippen LogP contribution >= 0.6 is 0 Å². The number of hydrogen-bond acceptors (Lipinski definition) is 2. The molecule has 0 bridgehead atoms. The maximum absolute atomic E-state index is 11.5. The third-order valence-corrected chi connectivity index (χ3v) is 5.21. The molecule has 0 aromatic heterocycles. The molecule has 0 spiro atoms. The van der Waals surface area contributed by atoms with E-state index in [1.165, 1.54) is 36.0 Å². The molecule has 3 saturated heterocycles. The minimum absolute atomic E-state index is 0.433. The van der Waals surface area contributed by atoms with Gasteiger partial charge in [-0.3, -0.25) is 0 Å². The van der Waals surface area contributed by atoms with Crippen LogP contribution < -0.4 is 9.80 Å². The van der Waals surface area contributed by atoms with Gasteiger partial charge < -0.3 is 9.80 Å². The van der Waals surface area contributed by atoms with Crippen molar-refractivity contribution in [2.75, 3.05) is 37.7 Å². The SMILES string of the molecule is O=S1(=O)CC([NH+]2CC2)C([NH+]2CC2)C1. The highest BCUT2D eigenvalue weighted by Gasteiger charge is 2.55. The predicted molar refractivity (Wildman–Crippen MR) is 47.6 cm³/mol. The summed E-state index contributed by atoms with van der Waals surface area (Å²) in [5.74, 6) is 0.910. The Morgan fingerprint density at radius 3 is 1.54 bits per heavy atom. The van der Waals surface area contributed by atoms with E-state index in [1.807, 2.05) is 0 Å². The van der Waals surface area contributed by atoms with Crippen LogP contribution in [0, 0.1) is 0 Å². The third-order valence-electron chi connectivity index (χ3n) is 3.48. The van der Waals surface area contributed by atoms with Crippen molar-refractivity contribution < 1.29 is 18.2 Å². The van der Waals surface area contributed by atoms with Gasteiger partial charge in [-0.15, -0.1) is 0 Å². The summed E-state index contributed by atoms with van der Waals surface area (Å²) in [7, 11) is -2.70. The van der Waals surface area contributed by atoms with E-state index in [1.54, 1.807) is 0 Å². The van der Waals surface area contributed by atoms with Crippen molar-refractivity contribution in [2.24, 2.45) is 0 Å². The van der Waals surface area contributed by atoms with Gasteiger partial charge in [0.2, 0.25) is 0 Å². The minimum Gasteiger partial charge on any atom is -0.317 e. The maximum atomic E-state index is 11.5. The first-order valence-electron chi connectivity index (χ1n) is 5.05. The molecular formula is C8H16N2O2S+2. The third kappa shape index (κ3) is 1.49. The Balaban J connectivity index is 1.82. The molecule has 0 aromatic rings. The molecular weight excluding hydrogens is 188 g/mol. The molecule has 3 rings (SSSR count). The fraction of sp³-hybridized carbons (Fsp3) is 1.00. The Morgan fingerprint density at radius 2 is 1.23 bits per heavy atom. The number of rotatable bonds is 2. The molecule has 0 aliphatic carbocycles. The Morgan fingerprint density at radius 1 is 0.846 bits per heavy atom. The first-order valence-corrected chi connectivity index (χ1v) is 6.87. The summed E-state index contributed by atoms with van der Waals surface area (Å²) in [5.41, 5.74) is 0. The highest BCUT2D eigenvalue weighted by Crippen LogP contribution is 2.10. The lowest BCUT2D eigenvalue weighted by molar-refractivity contribution is -0.864. The molecule has 0 aromatic carbocycles. The Kier molecular flexibility index (Phi) is 1.55. The second kappa shape index (κ2) is 2.46. The van der Waals surface area contributed by atoms with E-state index in [2.05, 4.69) is 0 Å². The zero-order valence-electron chi connectivity index (χ0n) is 7.62. The van der Waals surface area contributed by atoms with Crippen LogP contribution in [-0.2, 0) is 9.84 Å². The summed E-state index contributed by atoms with van der Waals surface area (Å²) in [6.45, 7) is 4.79. The molecule has 0 amide bonds. The molecule has 3 fully saturated rings. The van der Waals surface area contributed by atoms with E-state index in [-0.39, 0.29) is 0 Å². The van der Waals surface area contributed by atoms with E-state index in [9.17, 15) is 8.42 Å². The van der Waals surface area contributed by atoms with Crippen molar-refractivity contribution in [3.8, 4) is 0 Å². The van der Waals surface area contributed by atoms with Gasteiger partial charge in [0.1, 0.15) is 37.7 Å². The van der Waals surface area contributed by atoms with E-state index >= 15 is 0 Å². The van der Waals surface area contributed by atoms with Gasteiger partial charge in [0.25, 0.3) is 0 Å². The molecule has 0 saturated carbocycles. The molecule has 3 heterocycles. The minimum atomic E-state index is -2.70. The standard InChI is InChI=1S/C8H14N2O2S/c11-13(12)5-7(9-1-2-9)8(6-13)10-3-4-10/h7-8H,1-6H2/p+2. The molecule has 2 unspecified atom stereocenters. The number of sulfone groups is 1. The molecule has 0 radical (unpaired) electrons. The van der Waals surface area contributed by atoms with E-state index in [4.69, 9.17) is 0 Å². The van der Waals surface area contributed by atoms with Crippen LogP contribution in [0.25, 0.3) is 0 Å². The maximum Gasteiger partial charge on any atom is 0.162 e. The molecule has 13 heavy (non-hydrogen) atoms. The quantitative estimate of drug-likeness (QED) is 0.450. The second-order valence-corrected chi connectivity index (χ2v) is 6.76. The van der Waals surface area contributed by atoms with Crippen LogP contribution in [0.5, 0.6) is 0 Å². The Bertz CT molecular complexity index is 293. The van der Waals surface area contributed by atoms with Gasteiger partial charge in [0.15, 0.2) is 21.9 Å². The summed E-state index contributed by atoms with van der Waals surface area (Å²) < 4.78 is 23.0. The zero-order chi connectivity index (χ0) is 9.05. The van der Waals surface area contributed by atoms with Crippen molar-refractivity contribution >= 4 is 9.84 Å². The van der Waals surface area contributed by atoms with Crippen LogP contribution in [-0.4, -0.2) is 58.2 Å². The molecule has 3 aliphatic rings. The van der Waals surface area contributed by atoms with E-state index < -0.39 is 9.84 Å². The van der Waals surface area contributed by atoms with Gasteiger partial charge in [-0.25, -0.2) is 8.42 Å². The Labute approximate surface area is 78.4 Å². The van der Waals surface area contributed by atoms with Gasteiger partial charge in [-0.1, -0.05) is 0 Å². The number of nitrogens with one attached hydrogen (secondary N) is 2. The average Bonchev–Trinajstić information content (AvgIpc) is 2.90. The van der Waals surface area contributed by atoms with Crippen LogP contribution in [0.4, 0.5) is 0 Å². The summed E-state index contributed by atoms with van der Waals surface area (Å²) in [6.07, 6.45) is 0. The lowest BCUT2D eigenvalue weighted by atomic mass is 10.2. The number of hydrogen-bond donors (Lipinski definition) is 2. The van der Waals surface area contributed by atoms with Gasteiger partial charge in [-0.2, -0.15) is 0 Å². The summed E-state index contributed by atoms with van der Waals surface area (Å²) in [5, 5.41) is 0. The molecule has 5 heteroatoms. The van der Waals surface area contributed by atoms with Crippen molar-refractivity contribution in [3.05, 3.63) is 0 Å². The zero-order valence-corrected chi connectivity index (χ0v) is 8.44. The highest BCUT2D eigenvalue weighted by atomic mass is 32.2. The Hall–Kier alpha value is -0.130. The molecule has 2 N–H and O–H groups in total. The summed E-state index contributed by atoms with van der Waals surface area (Å²) in [6, 6.07) is 0.866. The van der Waals surface area contributed by atoms with Gasteiger partial charge in [-0.05, 0) is 0 Å². The monoisotopic (exact) mass is 204 g/mol. The average molecular weight is 204 g/mol. The second-order valence-electron chi connectivity index (χ2n) is 4.61. The largest absolute Gasteiger partial charge is 0.317 e. The first-order chi connectivity index (χ1) is 6.16. The smallest absolute Gasteiger partial charge is 0.162 e. The van der Waals surface area contributed by atoms with Crippen LogP contribution in [0.15, 0.2) is 0 Å². The lowest BCUT2D eigenvalue weighted by Crippen LogP contribution is -3.10. The van der Waals surface area contributed by atoms with Crippen molar-refractivity contribution in [2.45, 2.75) is 12.1 Å². The van der Waals surface area contributed by atoms with Gasteiger partial charge in [0.05, 0.1) is 0 Å². The first kappa shape index (κ1) is 8.20. The molecule has 3 aliphatic heterocycles. The summed E-state index contributed by atoms with van der Waals surface area (Å²) >= 11 is 0. The van der Waals surface area contributed by atoms with Crippen molar-refractivity contribution in [3.63, 3.8) is 0 Å². The topological polar surface area (TPSA) is 43.0 Å². The van der Waals surface area contributed by atoms with Crippen molar-refractivity contribution in [1.29, 1.82) is 0 Å². The van der Waals surface area contributed by atoms with Crippen molar-refractivity contribution in [1.82, 2.24) is 0 Å². The van der Waals surface area contributed by atoms with Gasteiger partial charge >= 0.3 is 0 Å². The lowest BCUT2D eigenvalue weighted by Gasteiger charge is -2.13. The fourth-order valence-corrected chi connectivity index (χ4v) is 4.70. The van der Waals surface area contributed by atoms with Gasteiger partial charge in [0, 0.05) is 0 Å². The van der Waals surface area contributed by atoms with E-state index in [0.29, 0.717) is 23.6 Å². The van der Waals surface area contributed by atoms with Crippen LogP contribution in [0.3, 0.4) is 0 Å². The highest BCUT2D eigenvalue weighted by molar-refractivity contribution is 7.91. The molecule has 2 atom stereocenters. The fourth-order valence-electron chi connectivity index (χ4n) is 2.54.